The summed E-state index contributed by atoms with van der Waals surface area (Å²) in [7, 11) is 0. The summed E-state index contributed by atoms with van der Waals surface area (Å²) in [5.41, 5.74) is 2.74. The lowest BCUT2D eigenvalue weighted by atomic mass is 10.0. The van der Waals surface area contributed by atoms with Crippen LogP contribution in [0.4, 0.5) is 9.52 Å². The Bertz CT molecular complexity index is 1160. The van der Waals surface area contributed by atoms with Crippen LogP contribution in [0.15, 0.2) is 66.9 Å². The number of aromatic nitrogens is 2. The molecule has 0 spiro atoms. The van der Waals surface area contributed by atoms with Crippen molar-refractivity contribution in [1.82, 2.24) is 9.97 Å². The van der Waals surface area contributed by atoms with Gasteiger partial charge in [-0.25, -0.2) is 9.37 Å². The van der Waals surface area contributed by atoms with Crippen LogP contribution in [0.1, 0.15) is 41.4 Å². The van der Waals surface area contributed by atoms with Crippen molar-refractivity contribution in [3.63, 3.8) is 0 Å². The maximum absolute atomic E-state index is 14.3. The zero-order valence-corrected chi connectivity index (χ0v) is 17.0. The number of hydrogen-bond acceptors (Lipinski definition) is 4. The summed E-state index contributed by atoms with van der Waals surface area (Å²) in [6, 6.07) is 17.6. The SMILES string of the molecule is CC(C)c1cccc2sc(N(Cc3ccccn3)C(=O)c3ccccc3F)nc12. The average Bonchev–Trinajstić information content (AvgIpc) is 3.16. The fourth-order valence-electron chi connectivity index (χ4n) is 3.20. The highest BCUT2D eigenvalue weighted by molar-refractivity contribution is 7.22. The Morgan fingerprint density at radius 1 is 1.07 bits per heavy atom. The number of pyridine rings is 1. The highest BCUT2D eigenvalue weighted by Gasteiger charge is 2.25. The zero-order chi connectivity index (χ0) is 20.4. The number of para-hydroxylation sites is 1. The molecule has 0 N–H and O–H groups in total. The lowest BCUT2D eigenvalue weighted by molar-refractivity contribution is 0.0981. The molecule has 4 nitrogen and oxygen atoms in total. The predicted octanol–water partition coefficient (Wildman–Crippen LogP) is 5.80. The monoisotopic (exact) mass is 405 g/mol. The number of carbonyl (C=O) groups is 1. The molecule has 4 rings (SSSR count). The number of rotatable bonds is 5. The van der Waals surface area contributed by atoms with E-state index in [9.17, 15) is 9.18 Å². The molecule has 0 radical (unpaired) electrons. The first-order valence-corrected chi connectivity index (χ1v) is 10.2. The molecule has 0 unspecified atom stereocenters. The smallest absolute Gasteiger partial charge is 0.263 e. The van der Waals surface area contributed by atoms with E-state index in [2.05, 4.69) is 24.9 Å². The molecule has 0 saturated heterocycles. The molecular weight excluding hydrogens is 385 g/mol. The minimum Gasteiger partial charge on any atom is -0.278 e. The standard InChI is InChI=1S/C23H20FN3OS/c1-15(2)17-10-7-12-20-21(17)26-23(29-20)27(14-16-8-5-6-13-25-16)22(28)18-9-3-4-11-19(18)24/h3-13,15H,14H2,1-2H3. The van der Waals surface area contributed by atoms with E-state index in [1.807, 2.05) is 30.3 Å². The fraction of sp³-hybridized carbons (Fsp3) is 0.174. The molecule has 2 heterocycles. The van der Waals surface area contributed by atoms with Gasteiger partial charge in [0.1, 0.15) is 5.82 Å². The van der Waals surface area contributed by atoms with E-state index in [0.717, 1.165) is 15.8 Å². The number of thiazole rings is 1. The second-order valence-corrected chi connectivity index (χ2v) is 8.05. The molecule has 6 heteroatoms. The van der Waals surface area contributed by atoms with Crippen LogP contribution in [0.2, 0.25) is 0 Å². The summed E-state index contributed by atoms with van der Waals surface area (Å²) < 4.78 is 15.3. The number of hydrogen-bond donors (Lipinski definition) is 0. The van der Waals surface area contributed by atoms with Gasteiger partial charge >= 0.3 is 0 Å². The van der Waals surface area contributed by atoms with E-state index in [0.29, 0.717) is 16.7 Å². The number of benzene rings is 2. The van der Waals surface area contributed by atoms with Crippen molar-refractivity contribution in [2.75, 3.05) is 4.90 Å². The number of amides is 1. The van der Waals surface area contributed by atoms with Crippen LogP contribution in [0, 0.1) is 5.82 Å². The Hall–Kier alpha value is -3.12. The Balaban J connectivity index is 1.82. The maximum atomic E-state index is 14.3. The summed E-state index contributed by atoms with van der Waals surface area (Å²) in [6.07, 6.45) is 1.68. The number of fused-ring (bicyclic) bond motifs is 1. The topological polar surface area (TPSA) is 46.1 Å². The van der Waals surface area contributed by atoms with Crippen LogP contribution in [-0.4, -0.2) is 15.9 Å². The number of halogens is 1. The predicted molar refractivity (Wildman–Crippen MR) is 115 cm³/mol. The van der Waals surface area contributed by atoms with Crippen LogP contribution in [0.25, 0.3) is 10.2 Å². The van der Waals surface area contributed by atoms with Crippen molar-refractivity contribution in [2.45, 2.75) is 26.3 Å². The van der Waals surface area contributed by atoms with Gasteiger partial charge in [0, 0.05) is 6.20 Å². The lowest BCUT2D eigenvalue weighted by Gasteiger charge is -2.20. The molecule has 0 aliphatic carbocycles. The molecule has 0 saturated carbocycles. The zero-order valence-electron chi connectivity index (χ0n) is 16.2. The molecule has 29 heavy (non-hydrogen) atoms. The molecule has 4 aromatic rings. The van der Waals surface area contributed by atoms with Crippen LogP contribution < -0.4 is 4.90 Å². The molecule has 1 amide bonds. The molecular formula is C23H20FN3OS. The molecule has 0 atom stereocenters. The van der Waals surface area contributed by atoms with Gasteiger partial charge in [-0.2, -0.15) is 0 Å². The third kappa shape index (κ3) is 3.89. The van der Waals surface area contributed by atoms with Gasteiger partial charge in [-0.3, -0.25) is 14.7 Å². The second-order valence-electron chi connectivity index (χ2n) is 7.04. The van der Waals surface area contributed by atoms with E-state index in [-0.39, 0.29) is 12.1 Å². The van der Waals surface area contributed by atoms with Gasteiger partial charge in [0.25, 0.3) is 5.91 Å². The first-order valence-electron chi connectivity index (χ1n) is 9.40. The third-order valence-electron chi connectivity index (χ3n) is 4.69. The van der Waals surface area contributed by atoms with Crippen LogP contribution in [0.3, 0.4) is 0 Å². The average molecular weight is 405 g/mol. The van der Waals surface area contributed by atoms with Gasteiger partial charge in [0.05, 0.1) is 28.0 Å². The Morgan fingerprint density at radius 2 is 1.86 bits per heavy atom. The number of nitrogens with zero attached hydrogens (tertiary/aromatic N) is 3. The normalized spacial score (nSPS) is 11.2. The second kappa shape index (κ2) is 8.09. The Kier molecular flexibility index (Phi) is 5.36. The molecule has 2 aromatic heterocycles. The van der Waals surface area contributed by atoms with Crippen molar-refractivity contribution in [3.05, 3.63) is 89.5 Å². The van der Waals surface area contributed by atoms with Crippen LogP contribution in [-0.2, 0) is 6.54 Å². The van der Waals surface area contributed by atoms with Crippen molar-refractivity contribution in [2.24, 2.45) is 0 Å². The maximum Gasteiger partial charge on any atom is 0.263 e. The molecule has 0 fully saturated rings. The largest absolute Gasteiger partial charge is 0.278 e. The van der Waals surface area contributed by atoms with Gasteiger partial charge in [0.2, 0.25) is 0 Å². The Labute approximate surface area is 172 Å². The van der Waals surface area contributed by atoms with Gasteiger partial charge in [0.15, 0.2) is 5.13 Å². The van der Waals surface area contributed by atoms with Crippen molar-refractivity contribution in [3.8, 4) is 0 Å². The van der Waals surface area contributed by atoms with E-state index >= 15 is 0 Å². The quantitative estimate of drug-likeness (QED) is 0.421. The highest BCUT2D eigenvalue weighted by atomic mass is 32.1. The third-order valence-corrected chi connectivity index (χ3v) is 5.73. The van der Waals surface area contributed by atoms with E-state index < -0.39 is 11.7 Å². The van der Waals surface area contributed by atoms with Gasteiger partial charge in [-0.1, -0.05) is 55.5 Å². The Morgan fingerprint density at radius 3 is 2.59 bits per heavy atom. The highest BCUT2D eigenvalue weighted by Crippen LogP contribution is 2.34. The molecule has 0 aliphatic heterocycles. The lowest BCUT2D eigenvalue weighted by Crippen LogP contribution is -2.31. The minimum absolute atomic E-state index is 0.0202. The van der Waals surface area contributed by atoms with Crippen LogP contribution in [0.5, 0.6) is 0 Å². The number of carbonyl (C=O) groups excluding carboxylic acids is 1. The summed E-state index contributed by atoms with van der Waals surface area (Å²) in [4.78, 5) is 23.9. The van der Waals surface area contributed by atoms with Crippen molar-refractivity contribution in [1.29, 1.82) is 0 Å². The van der Waals surface area contributed by atoms with Gasteiger partial charge in [-0.05, 0) is 41.8 Å². The first-order chi connectivity index (χ1) is 14.0. The number of anilines is 1. The molecule has 0 aliphatic rings. The van der Waals surface area contributed by atoms with E-state index in [4.69, 9.17) is 4.98 Å². The van der Waals surface area contributed by atoms with Gasteiger partial charge < -0.3 is 0 Å². The molecule has 146 valence electrons. The molecule has 0 bridgehead atoms. The summed E-state index contributed by atoms with van der Waals surface area (Å²) in [6.45, 7) is 4.44. The van der Waals surface area contributed by atoms with Crippen molar-refractivity contribution >= 4 is 32.6 Å². The fourth-order valence-corrected chi connectivity index (χ4v) is 4.20. The van der Waals surface area contributed by atoms with E-state index in [1.165, 1.54) is 28.4 Å². The minimum atomic E-state index is -0.549. The summed E-state index contributed by atoms with van der Waals surface area (Å²) >= 11 is 1.43. The van der Waals surface area contributed by atoms with E-state index in [1.54, 1.807) is 18.3 Å². The van der Waals surface area contributed by atoms with Crippen molar-refractivity contribution < 1.29 is 9.18 Å². The van der Waals surface area contributed by atoms with Crippen LogP contribution >= 0.6 is 11.3 Å². The first kappa shape index (κ1) is 19.2. The summed E-state index contributed by atoms with van der Waals surface area (Å²) in [5.74, 6) is -0.674. The van der Waals surface area contributed by atoms with Gasteiger partial charge in [-0.15, -0.1) is 0 Å². The molecule has 2 aromatic carbocycles. The summed E-state index contributed by atoms with van der Waals surface area (Å²) in [5, 5.41) is 0.534.